The number of likely N-dealkylation sites (tertiary alicyclic amines) is 1. The number of nitrogens with one attached hydrogen (secondary N) is 1. The van der Waals surface area contributed by atoms with Crippen LogP contribution in [0.5, 0.6) is 0 Å². The number of hydrogen-bond donors (Lipinski definition) is 1. The third-order valence-corrected chi connectivity index (χ3v) is 4.14. The van der Waals surface area contributed by atoms with Crippen LogP contribution in [0.2, 0.25) is 0 Å². The highest BCUT2D eigenvalue weighted by Crippen LogP contribution is 2.20. The van der Waals surface area contributed by atoms with E-state index in [1.807, 2.05) is 7.05 Å². The van der Waals surface area contributed by atoms with E-state index in [1.165, 1.54) is 12.8 Å². The van der Waals surface area contributed by atoms with Crippen molar-refractivity contribution in [2.24, 2.45) is 0 Å². The lowest BCUT2D eigenvalue weighted by atomic mass is 10.1. The second-order valence-corrected chi connectivity index (χ2v) is 5.78. The smallest absolute Gasteiger partial charge is 0.236 e. The molecule has 2 atom stereocenters. The Morgan fingerprint density at radius 1 is 1.26 bits per heavy atom. The first kappa shape index (κ1) is 19.0. The monoisotopic (exact) mass is 311 g/mol. The molecule has 0 saturated carbocycles. The predicted octanol–water partition coefficient (Wildman–Crippen LogP) is 1.52. The lowest BCUT2D eigenvalue weighted by molar-refractivity contribution is -0.132. The highest BCUT2D eigenvalue weighted by molar-refractivity contribution is 5.85. The molecule has 0 aromatic carbocycles. The number of amides is 1. The third kappa shape index (κ3) is 5.10. The van der Waals surface area contributed by atoms with E-state index in [2.05, 4.69) is 29.0 Å². The van der Waals surface area contributed by atoms with Gasteiger partial charge in [0.2, 0.25) is 5.91 Å². The molecule has 114 valence electrons. The van der Waals surface area contributed by atoms with Crippen molar-refractivity contribution >= 4 is 30.7 Å². The minimum atomic E-state index is 0. The molecule has 0 aromatic heterocycles. The Morgan fingerprint density at radius 3 is 2.53 bits per heavy atom. The fraction of sp³-hybridized carbons (Fsp3) is 0.923. The van der Waals surface area contributed by atoms with Crippen LogP contribution in [-0.2, 0) is 4.79 Å². The molecule has 19 heavy (non-hydrogen) atoms. The van der Waals surface area contributed by atoms with Crippen molar-refractivity contribution in [3.63, 3.8) is 0 Å². The normalized spacial score (nSPS) is 25.8. The van der Waals surface area contributed by atoms with E-state index in [9.17, 15) is 4.79 Å². The number of hydrogen-bond acceptors (Lipinski definition) is 3. The third-order valence-electron chi connectivity index (χ3n) is 4.14. The van der Waals surface area contributed by atoms with Gasteiger partial charge in [-0.1, -0.05) is 0 Å². The molecular formula is C13H27Cl2N3O. The highest BCUT2D eigenvalue weighted by Gasteiger charge is 2.31. The number of likely N-dealkylation sites (N-methyl/N-ethyl adjacent to an activating group) is 1. The number of nitrogens with zero attached hydrogens (tertiary/aromatic N) is 2. The van der Waals surface area contributed by atoms with Crippen LogP contribution in [0.25, 0.3) is 0 Å². The summed E-state index contributed by atoms with van der Waals surface area (Å²) < 4.78 is 0. The summed E-state index contributed by atoms with van der Waals surface area (Å²) in [6, 6.07) is 1.62. The molecule has 4 nitrogen and oxygen atoms in total. The summed E-state index contributed by atoms with van der Waals surface area (Å²) in [5.74, 6) is 0.288. The molecule has 2 aliphatic rings. The Morgan fingerprint density at radius 2 is 1.89 bits per heavy atom. The molecule has 2 bridgehead atoms. The van der Waals surface area contributed by atoms with Crippen LogP contribution in [0.15, 0.2) is 0 Å². The molecule has 1 amide bonds. The van der Waals surface area contributed by atoms with Gasteiger partial charge in [0.1, 0.15) is 0 Å². The largest absolute Gasteiger partial charge is 0.340 e. The molecular weight excluding hydrogens is 285 g/mol. The van der Waals surface area contributed by atoms with Crippen LogP contribution < -0.4 is 5.32 Å². The molecule has 0 aromatic rings. The van der Waals surface area contributed by atoms with Gasteiger partial charge < -0.3 is 10.2 Å². The van der Waals surface area contributed by atoms with E-state index in [-0.39, 0.29) is 30.7 Å². The lowest BCUT2D eigenvalue weighted by Crippen LogP contribution is -2.44. The van der Waals surface area contributed by atoms with Crippen molar-refractivity contribution < 1.29 is 4.79 Å². The lowest BCUT2D eigenvalue weighted by Gasteiger charge is -2.28. The van der Waals surface area contributed by atoms with Crippen LogP contribution in [0.3, 0.4) is 0 Å². The second-order valence-electron chi connectivity index (χ2n) is 5.78. The maximum absolute atomic E-state index is 12.2. The average Bonchev–Trinajstić information content (AvgIpc) is 2.57. The zero-order valence-corrected chi connectivity index (χ0v) is 13.7. The quantitative estimate of drug-likeness (QED) is 0.858. The van der Waals surface area contributed by atoms with Gasteiger partial charge in [0.15, 0.2) is 0 Å². The summed E-state index contributed by atoms with van der Waals surface area (Å²) in [5.41, 5.74) is 0. The van der Waals surface area contributed by atoms with Gasteiger partial charge in [-0.25, -0.2) is 0 Å². The Hall–Kier alpha value is -0.0300. The van der Waals surface area contributed by atoms with E-state index >= 15 is 0 Å². The number of carbonyl (C=O) groups excluding carboxylic acids is 1. The zero-order chi connectivity index (χ0) is 12.4. The molecule has 2 saturated heterocycles. The van der Waals surface area contributed by atoms with Crippen LogP contribution in [0.1, 0.15) is 33.1 Å². The van der Waals surface area contributed by atoms with Crippen molar-refractivity contribution in [3.8, 4) is 0 Å². The summed E-state index contributed by atoms with van der Waals surface area (Å²) in [4.78, 5) is 16.4. The first-order valence-corrected chi connectivity index (χ1v) is 6.80. The van der Waals surface area contributed by atoms with E-state index < -0.39 is 0 Å². The van der Waals surface area contributed by atoms with Crippen molar-refractivity contribution in [2.45, 2.75) is 51.2 Å². The molecule has 1 N–H and O–H groups in total. The van der Waals surface area contributed by atoms with Gasteiger partial charge >= 0.3 is 0 Å². The summed E-state index contributed by atoms with van der Waals surface area (Å²) >= 11 is 0. The van der Waals surface area contributed by atoms with E-state index in [0.717, 1.165) is 19.5 Å². The maximum atomic E-state index is 12.2. The van der Waals surface area contributed by atoms with Crippen LogP contribution in [-0.4, -0.2) is 60.5 Å². The molecule has 2 unspecified atom stereocenters. The predicted molar refractivity (Wildman–Crippen MR) is 83.4 cm³/mol. The first-order valence-electron chi connectivity index (χ1n) is 6.80. The van der Waals surface area contributed by atoms with Gasteiger partial charge in [-0.05, 0) is 40.2 Å². The minimum absolute atomic E-state index is 0. The van der Waals surface area contributed by atoms with Gasteiger partial charge in [0.05, 0.1) is 6.54 Å². The molecule has 6 heteroatoms. The van der Waals surface area contributed by atoms with E-state index in [1.54, 1.807) is 0 Å². The number of halogens is 2. The van der Waals surface area contributed by atoms with E-state index in [0.29, 0.717) is 24.7 Å². The maximum Gasteiger partial charge on any atom is 0.236 e. The summed E-state index contributed by atoms with van der Waals surface area (Å²) in [7, 11) is 2.02. The molecule has 2 fully saturated rings. The van der Waals surface area contributed by atoms with Gasteiger partial charge in [-0.15, -0.1) is 24.8 Å². The van der Waals surface area contributed by atoms with Crippen molar-refractivity contribution in [1.82, 2.24) is 15.1 Å². The SMILES string of the molecule is CC(C)N(C)CC(=O)N1CCC2CCC(C1)N2.Cl.Cl. The standard InChI is InChI=1S/C13H25N3O.2ClH/c1-10(2)15(3)9-13(17)16-7-6-11-4-5-12(8-16)14-11;;/h10-12,14H,4-9H2,1-3H3;2*1H. The van der Waals surface area contributed by atoms with Crippen LogP contribution >= 0.6 is 24.8 Å². The Balaban J connectivity index is 0.00000162. The fourth-order valence-corrected chi connectivity index (χ4v) is 2.67. The summed E-state index contributed by atoms with van der Waals surface area (Å²) in [6.45, 7) is 6.63. The Labute approximate surface area is 129 Å². The molecule has 0 spiro atoms. The second kappa shape index (κ2) is 8.30. The van der Waals surface area contributed by atoms with Crippen LogP contribution in [0, 0.1) is 0 Å². The number of fused-ring (bicyclic) bond motifs is 2. The highest BCUT2D eigenvalue weighted by atomic mass is 35.5. The molecule has 2 aliphatic heterocycles. The first-order chi connectivity index (χ1) is 8.06. The Kier molecular flexibility index (Phi) is 8.29. The van der Waals surface area contributed by atoms with Gasteiger partial charge in [-0.2, -0.15) is 0 Å². The summed E-state index contributed by atoms with van der Waals surface area (Å²) in [5, 5.41) is 3.61. The van der Waals surface area contributed by atoms with Gasteiger partial charge in [-0.3, -0.25) is 9.69 Å². The molecule has 2 rings (SSSR count). The van der Waals surface area contributed by atoms with E-state index in [4.69, 9.17) is 0 Å². The average molecular weight is 312 g/mol. The molecule has 0 radical (unpaired) electrons. The van der Waals surface area contributed by atoms with Gasteiger partial charge in [0, 0.05) is 31.2 Å². The molecule has 0 aliphatic carbocycles. The minimum Gasteiger partial charge on any atom is -0.340 e. The number of carbonyl (C=O) groups is 1. The Bertz CT molecular complexity index is 289. The topological polar surface area (TPSA) is 35.6 Å². The number of rotatable bonds is 3. The van der Waals surface area contributed by atoms with Crippen LogP contribution in [0.4, 0.5) is 0 Å². The summed E-state index contributed by atoms with van der Waals surface area (Å²) in [6.07, 6.45) is 3.64. The van der Waals surface area contributed by atoms with Crippen molar-refractivity contribution in [1.29, 1.82) is 0 Å². The fourth-order valence-electron chi connectivity index (χ4n) is 2.67. The van der Waals surface area contributed by atoms with Gasteiger partial charge in [0.25, 0.3) is 0 Å². The molecule has 2 heterocycles. The zero-order valence-electron chi connectivity index (χ0n) is 12.1. The van der Waals surface area contributed by atoms with Crippen molar-refractivity contribution in [3.05, 3.63) is 0 Å². The van der Waals surface area contributed by atoms with Crippen molar-refractivity contribution in [2.75, 3.05) is 26.7 Å².